The number of sulfonamides is 1. The van der Waals surface area contributed by atoms with E-state index in [2.05, 4.69) is 20.4 Å². The second-order valence-electron chi connectivity index (χ2n) is 5.43. The van der Waals surface area contributed by atoms with E-state index in [0.717, 1.165) is 21.7 Å². The number of para-hydroxylation sites is 1. The number of aromatic amines is 1. The maximum absolute atomic E-state index is 15.1. The first-order chi connectivity index (χ1) is 13.6. The Balaban J connectivity index is 1.80. The van der Waals surface area contributed by atoms with Crippen molar-refractivity contribution < 1.29 is 17.5 Å². The van der Waals surface area contributed by atoms with E-state index in [0.29, 0.717) is 5.75 Å². The minimum absolute atomic E-state index is 0.0511. The Bertz CT molecular complexity index is 1130. The Kier molecular flexibility index (Phi) is 4.75. The predicted octanol–water partition coefficient (Wildman–Crippen LogP) is 3.72. The number of aromatic nitrogens is 4. The van der Waals surface area contributed by atoms with Gasteiger partial charge in [-0.15, -0.1) is 10.2 Å². The van der Waals surface area contributed by atoms with E-state index in [-0.39, 0.29) is 16.6 Å². The van der Waals surface area contributed by atoms with Crippen molar-refractivity contribution in [1.29, 1.82) is 0 Å². The lowest BCUT2D eigenvalue weighted by Crippen LogP contribution is -2.27. The second-order valence-corrected chi connectivity index (χ2v) is 8.00. The van der Waals surface area contributed by atoms with Gasteiger partial charge in [-0.2, -0.15) is 5.10 Å². The Morgan fingerprint density at radius 3 is 2.61 bits per heavy atom. The molecular weight excluding hydrogens is 405 g/mol. The van der Waals surface area contributed by atoms with E-state index in [1.165, 1.54) is 30.0 Å². The molecule has 8 nitrogen and oxygen atoms in total. The van der Waals surface area contributed by atoms with Gasteiger partial charge >= 0.3 is 0 Å². The second kappa shape index (κ2) is 7.37. The molecule has 0 aliphatic rings. The third-order valence-electron chi connectivity index (χ3n) is 3.66. The summed E-state index contributed by atoms with van der Waals surface area (Å²) in [6.45, 7) is 0. The summed E-state index contributed by atoms with van der Waals surface area (Å²) in [7, 11) is -4.37. The first-order valence-corrected chi connectivity index (χ1v) is 10.2. The number of halogens is 1. The molecular formula is C17H12FN5O3S2. The van der Waals surface area contributed by atoms with Crippen LogP contribution in [0.15, 0.2) is 71.3 Å². The quantitative estimate of drug-likeness (QED) is 0.513. The zero-order chi connectivity index (χ0) is 19.6. The lowest BCUT2D eigenvalue weighted by molar-refractivity contribution is 0.432. The van der Waals surface area contributed by atoms with E-state index < -0.39 is 20.7 Å². The number of H-pyrrole nitrogens is 1. The average Bonchev–Trinajstić information content (AvgIpc) is 3.39. The van der Waals surface area contributed by atoms with Gasteiger partial charge in [0, 0.05) is 6.20 Å². The predicted molar refractivity (Wildman–Crippen MR) is 101 cm³/mol. The third kappa shape index (κ3) is 3.32. The molecule has 28 heavy (non-hydrogen) atoms. The van der Waals surface area contributed by atoms with Crippen LogP contribution in [0.25, 0.3) is 0 Å². The van der Waals surface area contributed by atoms with Gasteiger partial charge in [0.15, 0.2) is 11.6 Å². The summed E-state index contributed by atoms with van der Waals surface area (Å²) >= 11 is 0.993. The van der Waals surface area contributed by atoms with Crippen molar-refractivity contribution in [2.24, 2.45) is 0 Å². The maximum atomic E-state index is 15.1. The molecule has 0 saturated heterocycles. The third-order valence-corrected chi connectivity index (χ3v) is 6.18. The number of nitrogens with zero attached hydrogens (tertiary/aromatic N) is 4. The molecule has 11 heteroatoms. The number of hydrogen-bond acceptors (Lipinski definition) is 7. The molecule has 0 saturated carbocycles. The fourth-order valence-electron chi connectivity index (χ4n) is 2.45. The molecule has 2 aromatic carbocycles. The summed E-state index contributed by atoms with van der Waals surface area (Å²) in [4.78, 5) is -0.558. The van der Waals surface area contributed by atoms with Crippen molar-refractivity contribution in [2.45, 2.75) is 4.90 Å². The van der Waals surface area contributed by atoms with Gasteiger partial charge in [-0.3, -0.25) is 5.10 Å². The number of anilines is 2. The van der Waals surface area contributed by atoms with Crippen molar-refractivity contribution in [2.75, 3.05) is 4.31 Å². The van der Waals surface area contributed by atoms with E-state index in [4.69, 9.17) is 4.74 Å². The number of nitrogens with one attached hydrogen (secondary N) is 1. The molecule has 0 bridgehead atoms. The van der Waals surface area contributed by atoms with Gasteiger partial charge in [0.2, 0.25) is 5.13 Å². The highest BCUT2D eigenvalue weighted by atomic mass is 32.2. The molecule has 0 radical (unpaired) electrons. The van der Waals surface area contributed by atoms with Gasteiger partial charge in [0.25, 0.3) is 10.0 Å². The van der Waals surface area contributed by atoms with Gasteiger partial charge in [-0.1, -0.05) is 35.6 Å². The summed E-state index contributed by atoms with van der Waals surface area (Å²) in [5.74, 6) is -0.840. The first-order valence-electron chi connectivity index (χ1n) is 7.89. The first kappa shape index (κ1) is 18.1. The van der Waals surface area contributed by atoms with Gasteiger partial charge in [0.1, 0.15) is 16.2 Å². The zero-order valence-corrected chi connectivity index (χ0v) is 15.7. The molecule has 2 heterocycles. The highest BCUT2D eigenvalue weighted by molar-refractivity contribution is 7.93. The monoisotopic (exact) mass is 417 g/mol. The van der Waals surface area contributed by atoms with Crippen molar-refractivity contribution in [1.82, 2.24) is 20.4 Å². The molecule has 0 spiro atoms. The fraction of sp³-hybridized carbons (Fsp3) is 0. The van der Waals surface area contributed by atoms with Crippen molar-refractivity contribution in [3.8, 4) is 11.5 Å². The highest BCUT2D eigenvalue weighted by Gasteiger charge is 2.33. The molecule has 0 aliphatic heterocycles. The molecule has 0 atom stereocenters. The van der Waals surface area contributed by atoms with Crippen LogP contribution in [0.5, 0.6) is 11.5 Å². The van der Waals surface area contributed by atoms with Gasteiger partial charge in [-0.05, 0) is 24.3 Å². The topological polar surface area (TPSA) is 101 Å². The number of hydrogen-bond donors (Lipinski definition) is 1. The normalized spacial score (nSPS) is 11.3. The van der Waals surface area contributed by atoms with Crippen LogP contribution in [-0.2, 0) is 10.0 Å². The lowest BCUT2D eigenvalue weighted by Gasteiger charge is -2.20. The minimum Gasteiger partial charge on any atom is -0.454 e. The Morgan fingerprint density at radius 2 is 1.93 bits per heavy atom. The van der Waals surface area contributed by atoms with Crippen LogP contribution < -0.4 is 9.04 Å². The summed E-state index contributed by atoms with van der Waals surface area (Å²) in [6.07, 6.45) is 2.66. The van der Waals surface area contributed by atoms with E-state index >= 15 is 4.39 Å². The zero-order valence-electron chi connectivity index (χ0n) is 14.1. The van der Waals surface area contributed by atoms with Crippen LogP contribution in [-0.4, -0.2) is 28.8 Å². The molecule has 4 aromatic rings. The van der Waals surface area contributed by atoms with Crippen LogP contribution >= 0.6 is 11.3 Å². The fourth-order valence-corrected chi connectivity index (χ4v) is 4.75. The SMILES string of the molecule is O=S(=O)(c1cccc(Oc2ccccc2)c1F)N(c1cn[nH]c1)c1nncs1. The Hall–Kier alpha value is -3.31. The van der Waals surface area contributed by atoms with Gasteiger partial charge in [-0.25, -0.2) is 17.1 Å². The van der Waals surface area contributed by atoms with Crippen LogP contribution in [0, 0.1) is 5.82 Å². The van der Waals surface area contributed by atoms with E-state index in [1.54, 1.807) is 30.3 Å². The smallest absolute Gasteiger partial charge is 0.273 e. The molecule has 142 valence electrons. The Morgan fingerprint density at radius 1 is 1.11 bits per heavy atom. The van der Waals surface area contributed by atoms with Gasteiger partial charge < -0.3 is 4.74 Å². The Labute approximate surface area is 163 Å². The minimum atomic E-state index is -4.37. The number of ether oxygens (including phenoxy) is 1. The largest absolute Gasteiger partial charge is 0.454 e. The molecule has 0 unspecified atom stereocenters. The van der Waals surface area contributed by atoms with Crippen molar-refractivity contribution in [3.63, 3.8) is 0 Å². The van der Waals surface area contributed by atoms with Crippen LogP contribution in [0.4, 0.5) is 15.2 Å². The standard InChI is InChI=1S/C17H12FN5O3S2/c18-16-14(26-13-5-2-1-3-6-13)7-4-8-15(16)28(24,25)23(12-9-19-20-10-12)17-22-21-11-27-17/h1-11H,(H,19,20). The van der Waals surface area contributed by atoms with Crippen LogP contribution in [0.2, 0.25) is 0 Å². The van der Waals surface area contributed by atoms with Crippen molar-refractivity contribution >= 4 is 32.2 Å². The number of rotatable bonds is 6. The van der Waals surface area contributed by atoms with E-state index in [9.17, 15) is 8.42 Å². The summed E-state index contributed by atoms with van der Waals surface area (Å²) < 4.78 is 48.1. The summed E-state index contributed by atoms with van der Waals surface area (Å²) in [6, 6.07) is 12.4. The highest BCUT2D eigenvalue weighted by Crippen LogP contribution is 2.36. The van der Waals surface area contributed by atoms with Crippen LogP contribution in [0.1, 0.15) is 0 Å². The maximum Gasteiger partial charge on any atom is 0.273 e. The lowest BCUT2D eigenvalue weighted by atomic mass is 10.3. The molecule has 4 rings (SSSR count). The van der Waals surface area contributed by atoms with E-state index in [1.807, 2.05) is 0 Å². The summed E-state index contributed by atoms with van der Waals surface area (Å²) in [5.41, 5.74) is 1.55. The molecule has 2 aromatic heterocycles. The average molecular weight is 417 g/mol. The molecule has 0 fully saturated rings. The molecule has 0 aliphatic carbocycles. The summed E-state index contributed by atoms with van der Waals surface area (Å²) in [5, 5.41) is 13.8. The van der Waals surface area contributed by atoms with Crippen molar-refractivity contribution in [3.05, 3.63) is 72.3 Å². The molecule has 1 N–H and O–H groups in total. The number of benzene rings is 2. The van der Waals surface area contributed by atoms with Gasteiger partial charge in [0.05, 0.1) is 11.9 Å². The van der Waals surface area contributed by atoms with Crippen LogP contribution in [0.3, 0.4) is 0 Å². The molecule has 0 amide bonds.